The van der Waals surface area contributed by atoms with Gasteiger partial charge in [-0.1, -0.05) is 26.7 Å². The first-order valence-electron chi connectivity index (χ1n) is 9.87. The van der Waals surface area contributed by atoms with E-state index in [0.29, 0.717) is 18.5 Å². The molecule has 0 aromatic carbocycles. The first-order valence-corrected chi connectivity index (χ1v) is 9.87. The van der Waals surface area contributed by atoms with E-state index in [1.165, 1.54) is 18.7 Å². The molecule has 0 radical (unpaired) electrons. The topological polar surface area (TPSA) is 53.4 Å². The second-order valence-electron chi connectivity index (χ2n) is 7.80. The molecule has 2 heterocycles. The van der Waals surface area contributed by atoms with Gasteiger partial charge in [-0.15, -0.1) is 0 Å². The Balaban J connectivity index is 1.35. The van der Waals surface area contributed by atoms with Crippen LogP contribution in [0.2, 0.25) is 0 Å². The Bertz CT molecular complexity index is 542. The Hall–Kier alpha value is -1.40. The summed E-state index contributed by atoms with van der Waals surface area (Å²) < 4.78 is 2.27. The zero-order valence-electron chi connectivity index (χ0n) is 15.8. The van der Waals surface area contributed by atoms with Crippen molar-refractivity contribution in [1.29, 1.82) is 0 Å². The van der Waals surface area contributed by atoms with Crippen molar-refractivity contribution >= 4 is 5.91 Å². The van der Waals surface area contributed by atoms with Crippen LogP contribution in [0.5, 0.6) is 0 Å². The third kappa shape index (κ3) is 5.28. The first-order chi connectivity index (χ1) is 12.1. The molecule has 0 atom stereocenters. The van der Waals surface area contributed by atoms with E-state index in [2.05, 4.69) is 44.7 Å². The maximum Gasteiger partial charge on any atom is 0.234 e. The summed E-state index contributed by atoms with van der Waals surface area (Å²) >= 11 is 0. The number of carbonyl (C=O) groups excluding carboxylic acids is 1. The van der Waals surface area contributed by atoms with Gasteiger partial charge in [0.15, 0.2) is 0 Å². The highest BCUT2D eigenvalue weighted by atomic mass is 16.2. The lowest BCUT2D eigenvalue weighted by atomic mass is 10.2. The number of piperazine rings is 1. The summed E-state index contributed by atoms with van der Waals surface area (Å²) in [5.74, 6) is 1.84. The minimum absolute atomic E-state index is 0.209. The minimum Gasteiger partial charge on any atom is -0.352 e. The van der Waals surface area contributed by atoms with Crippen LogP contribution in [-0.2, 0) is 11.3 Å². The number of hydrogen-bond donors (Lipinski definition) is 1. The average molecular weight is 348 g/mol. The predicted molar refractivity (Wildman–Crippen MR) is 99.6 cm³/mol. The van der Waals surface area contributed by atoms with Crippen LogP contribution in [0.15, 0.2) is 12.4 Å². The molecule has 3 rings (SSSR count). The van der Waals surface area contributed by atoms with Crippen LogP contribution in [0.4, 0.5) is 0 Å². The molecule has 1 N–H and O–H groups in total. The second-order valence-corrected chi connectivity index (χ2v) is 7.80. The number of imidazole rings is 1. The molecule has 25 heavy (non-hydrogen) atoms. The molecule has 140 valence electrons. The maximum atomic E-state index is 12.2. The van der Waals surface area contributed by atoms with Crippen molar-refractivity contribution in [3.8, 4) is 0 Å². The Morgan fingerprint density at radius 3 is 2.52 bits per heavy atom. The van der Waals surface area contributed by atoms with Crippen LogP contribution in [0, 0.1) is 0 Å². The normalized spacial score (nSPS) is 20.4. The molecule has 2 aliphatic rings. The third-order valence-electron chi connectivity index (χ3n) is 5.47. The van der Waals surface area contributed by atoms with Crippen LogP contribution in [-0.4, -0.2) is 70.6 Å². The number of aromatic nitrogens is 2. The summed E-state index contributed by atoms with van der Waals surface area (Å²) in [6, 6.07) is 0.430. The number of amides is 1. The fraction of sp³-hybridized carbons (Fsp3) is 0.789. The van der Waals surface area contributed by atoms with Gasteiger partial charge in [-0.05, 0) is 12.8 Å². The van der Waals surface area contributed by atoms with Gasteiger partial charge >= 0.3 is 0 Å². The third-order valence-corrected chi connectivity index (χ3v) is 5.47. The smallest absolute Gasteiger partial charge is 0.234 e. The van der Waals surface area contributed by atoms with E-state index in [4.69, 9.17) is 0 Å². The van der Waals surface area contributed by atoms with Crippen molar-refractivity contribution in [3.63, 3.8) is 0 Å². The lowest BCUT2D eigenvalue weighted by Crippen LogP contribution is -2.50. The molecule has 6 heteroatoms. The number of carbonyl (C=O) groups is 1. The van der Waals surface area contributed by atoms with E-state index >= 15 is 0 Å². The van der Waals surface area contributed by atoms with Crippen molar-refractivity contribution in [2.45, 2.75) is 58.0 Å². The largest absolute Gasteiger partial charge is 0.352 e. The fourth-order valence-corrected chi connectivity index (χ4v) is 3.98. The highest BCUT2D eigenvalue weighted by Crippen LogP contribution is 2.17. The number of rotatable bonds is 7. The van der Waals surface area contributed by atoms with Gasteiger partial charge in [-0.2, -0.15) is 0 Å². The summed E-state index contributed by atoms with van der Waals surface area (Å²) in [5.41, 5.74) is 0. The molecule has 0 bridgehead atoms. The lowest BCUT2D eigenvalue weighted by molar-refractivity contribution is -0.123. The molecule has 1 aromatic rings. The molecule has 1 aliphatic carbocycles. The van der Waals surface area contributed by atoms with Crippen molar-refractivity contribution in [2.24, 2.45) is 0 Å². The van der Waals surface area contributed by atoms with Gasteiger partial charge in [-0.3, -0.25) is 14.6 Å². The second kappa shape index (κ2) is 8.81. The summed E-state index contributed by atoms with van der Waals surface area (Å²) in [6.45, 7) is 11.0. The van der Waals surface area contributed by atoms with Crippen LogP contribution < -0.4 is 5.32 Å². The van der Waals surface area contributed by atoms with Crippen molar-refractivity contribution in [1.82, 2.24) is 24.7 Å². The van der Waals surface area contributed by atoms with Crippen LogP contribution in [0.1, 0.15) is 51.3 Å². The maximum absolute atomic E-state index is 12.2. The van der Waals surface area contributed by atoms with Gasteiger partial charge in [0.25, 0.3) is 0 Å². The Labute approximate surface area is 151 Å². The monoisotopic (exact) mass is 347 g/mol. The highest BCUT2D eigenvalue weighted by Gasteiger charge is 2.21. The van der Waals surface area contributed by atoms with Gasteiger partial charge in [0, 0.05) is 63.6 Å². The summed E-state index contributed by atoms with van der Waals surface area (Å²) in [7, 11) is 0. The molecular weight excluding hydrogens is 314 g/mol. The number of nitrogens with zero attached hydrogens (tertiary/aromatic N) is 4. The summed E-state index contributed by atoms with van der Waals surface area (Å²) in [6.07, 6.45) is 8.82. The molecule has 0 unspecified atom stereocenters. The van der Waals surface area contributed by atoms with Gasteiger partial charge < -0.3 is 9.88 Å². The van der Waals surface area contributed by atoms with E-state index in [0.717, 1.165) is 52.1 Å². The summed E-state index contributed by atoms with van der Waals surface area (Å²) in [5, 5.41) is 3.19. The fourth-order valence-electron chi connectivity index (χ4n) is 3.98. The standard InChI is InChI=1S/C19H33N5O/c1-16(2)19-20-7-8-24(19)14-13-22-9-11-23(12-10-22)15-18(25)21-17-5-3-4-6-17/h7-8,16-17H,3-6,9-15H2,1-2H3,(H,21,25). The number of nitrogens with one attached hydrogen (secondary N) is 1. The van der Waals surface area contributed by atoms with Crippen molar-refractivity contribution in [2.75, 3.05) is 39.3 Å². The molecule has 1 aromatic heterocycles. The molecule has 1 saturated carbocycles. The lowest BCUT2D eigenvalue weighted by Gasteiger charge is -2.34. The minimum atomic E-state index is 0.209. The Morgan fingerprint density at radius 2 is 1.84 bits per heavy atom. The van der Waals surface area contributed by atoms with Crippen molar-refractivity contribution in [3.05, 3.63) is 18.2 Å². The average Bonchev–Trinajstić information content (AvgIpc) is 3.25. The van der Waals surface area contributed by atoms with Gasteiger partial charge in [0.05, 0.1) is 6.54 Å². The summed E-state index contributed by atoms with van der Waals surface area (Å²) in [4.78, 5) is 21.4. The van der Waals surface area contributed by atoms with Crippen molar-refractivity contribution < 1.29 is 4.79 Å². The van der Waals surface area contributed by atoms with E-state index in [9.17, 15) is 4.79 Å². The van der Waals surface area contributed by atoms with E-state index in [1.807, 2.05) is 6.20 Å². The van der Waals surface area contributed by atoms with E-state index in [-0.39, 0.29) is 5.91 Å². The van der Waals surface area contributed by atoms with Gasteiger partial charge in [0.2, 0.25) is 5.91 Å². The zero-order chi connectivity index (χ0) is 17.6. The predicted octanol–water partition coefficient (Wildman–Crippen LogP) is 1.68. The van der Waals surface area contributed by atoms with E-state index in [1.54, 1.807) is 0 Å². The Kier molecular flexibility index (Phi) is 6.48. The molecule has 1 aliphatic heterocycles. The molecule has 2 fully saturated rings. The highest BCUT2D eigenvalue weighted by molar-refractivity contribution is 5.78. The molecular formula is C19H33N5O. The van der Waals surface area contributed by atoms with E-state index < -0.39 is 0 Å². The first kappa shape index (κ1) is 18.4. The molecule has 6 nitrogen and oxygen atoms in total. The van der Waals surface area contributed by atoms with Crippen LogP contribution >= 0.6 is 0 Å². The molecule has 1 amide bonds. The quantitative estimate of drug-likeness (QED) is 0.815. The molecule has 0 spiro atoms. The van der Waals surface area contributed by atoms with Gasteiger partial charge in [0.1, 0.15) is 5.82 Å². The molecule has 1 saturated heterocycles. The van der Waals surface area contributed by atoms with Gasteiger partial charge in [-0.25, -0.2) is 4.98 Å². The Morgan fingerprint density at radius 1 is 1.16 bits per heavy atom. The van der Waals surface area contributed by atoms with Crippen LogP contribution in [0.25, 0.3) is 0 Å². The van der Waals surface area contributed by atoms with Crippen LogP contribution in [0.3, 0.4) is 0 Å². The zero-order valence-corrected chi connectivity index (χ0v) is 15.8. The SMILES string of the molecule is CC(C)c1nccn1CCN1CCN(CC(=O)NC2CCCC2)CC1. The number of hydrogen-bond acceptors (Lipinski definition) is 4.